The van der Waals surface area contributed by atoms with Crippen LogP contribution in [0, 0.1) is 0 Å². The first-order valence-electron chi connectivity index (χ1n) is 0.966. The molecule has 5 heavy (non-hydrogen) atoms. The van der Waals surface area contributed by atoms with Crippen LogP contribution in [0.1, 0.15) is 0 Å². The van der Waals surface area contributed by atoms with E-state index in [1.807, 2.05) is 0 Å². The van der Waals surface area contributed by atoms with Gasteiger partial charge in [-0.3, -0.25) is 0 Å². The molecule has 4 heteroatoms. The van der Waals surface area contributed by atoms with Gasteiger partial charge in [-0.05, 0) is 0 Å². The third kappa shape index (κ3) is 4.48. The van der Waals surface area contributed by atoms with Crippen LogP contribution in [0.25, 0.3) is 0 Å². The van der Waals surface area contributed by atoms with Crippen molar-refractivity contribution in [3.8, 4) is 0 Å². The summed E-state index contributed by atoms with van der Waals surface area (Å²) in [5, 5.41) is 0.360. The average molecular weight is 204 g/mol. The Labute approximate surface area is 49.4 Å². The van der Waals surface area contributed by atoms with Gasteiger partial charge in [0.2, 0.25) is 0 Å². The zero-order valence-corrected chi connectivity index (χ0v) is 5.80. The van der Waals surface area contributed by atoms with Gasteiger partial charge < -0.3 is 0 Å². The molecule has 0 bridgehead atoms. The second-order valence-corrected chi connectivity index (χ2v) is 1.55. The van der Waals surface area contributed by atoms with Crippen LogP contribution in [0.4, 0.5) is 0 Å². The van der Waals surface area contributed by atoms with Crippen molar-refractivity contribution in [1.29, 1.82) is 0 Å². The molecule has 0 atom stereocenters. The first kappa shape index (κ1) is 5.48. The number of hydrogen-bond acceptors (Lipinski definition) is 1. The molecule has 0 aliphatic rings. The van der Waals surface area contributed by atoms with Gasteiger partial charge in [0.15, 0.2) is 0 Å². The molecule has 0 aliphatic heterocycles. The summed E-state index contributed by atoms with van der Waals surface area (Å²) in [7, 11) is 0. The van der Waals surface area contributed by atoms with E-state index in [2.05, 4.69) is 15.8 Å². The summed E-state index contributed by atoms with van der Waals surface area (Å²) < 4.78 is 2.59. The molecule has 0 unspecified atom stereocenters. The molecule has 0 aromatic heterocycles. The summed E-state index contributed by atoms with van der Waals surface area (Å²) in [6, 6.07) is 0. The van der Waals surface area contributed by atoms with Crippen LogP contribution >= 0.6 is 12.2 Å². The molecule has 0 amide bonds. The van der Waals surface area contributed by atoms with E-state index in [4.69, 9.17) is 5.73 Å². The molecule has 0 fully saturated rings. The number of nitrogens with one attached hydrogen (secondary N) is 1. The van der Waals surface area contributed by atoms with E-state index in [0.29, 0.717) is 5.11 Å². The molecular weight excluding hydrogens is 200 g/mol. The zero-order chi connectivity index (χ0) is 4.28. The van der Waals surface area contributed by atoms with E-state index >= 15 is 0 Å². The Hall–Kier alpha value is 0.480. The SMILES string of the molecule is NC(=S)N[TeH]. The van der Waals surface area contributed by atoms with Crippen LogP contribution in [-0.2, 0) is 0 Å². The van der Waals surface area contributed by atoms with E-state index in [-0.39, 0.29) is 0 Å². The van der Waals surface area contributed by atoms with Crippen molar-refractivity contribution < 1.29 is 0 Å². The Morgan fingerprint density at radius 2 is 2.20 bits per heavy atom. The van der Waals surface area contributed by atoms with Gasteiger partial charge in [-0.25, -0.2) is 0 Å². The molecular formula is CH4N2STe. The number of thiocarbonyl (C=S) groups is 1. The van der Waals surface area contributed by atoms with E-state index in [1.165, 1.54) is 22.6 Å². The van der Waals surface area contributed by atoms with Crippen molar-refractivity contribution in [3.05, 3.63) is 0 Å². The Bertz CT molecular complexity index is 44.9. The molecule has 0 radical (unpaired) electrons. The molecule has 0 saturated carbocycles. The Morgan fingerprint density at radius 1 is 2.00 bits per heavy atom. The van der Waals surface area contributed by atoms with Gasteiger partial charge in [-0.1, -0.05) is 0 Å². The van der Waals surface area contributed by atoms with Gasteiger partial charge in [0.25, 0.3) is 0 Å². The van der Waals surface area contributed by atoms with E-state index in [9.17, 15) is 0 Å². The van der Waals surface area contributed by atoms with Crippen LogP contribution in [0.15, 0.2) is 0 Å². The summed E-state index contributed by atoms with van der Waals surface area (Å²) in [5.41, 5.74) is 4.92. The predicted octanol–water partition coefficient (Wildman–Crippen LogP) is -1.36. The van der Waals surface area contributed by atoms with Gasteiger partial charge in [0.05, 0.1) is 0 Å². The molecule has 0 aliphatic carbocycles. The molecule has 0 heterocycles. The van der Waals surface area contributed by atoms with Crippen molar-refractivity contribution >= 4 is 39.9 Å². The van der Waals surface area contributed by atoms with Crippen molar-refractivity contribution in [2.45, 2.75) is 0 Å². The van der Waals surface area contributed by atoms with E-state index < -0.39 is 0 Å². The van der Waals surface area contributed by atoms with Crippen molar-refractivity contribution in [2.75, 3.05) is 0 Å². The molecule has 0 rings (SSSR count). The van der Waals surface area contributed by atoms with Gasteiger partial charge in [0, 0.05) is 0 Å². The Kier molecular flexibility index (Phi) is 2.96. The van der Waals surface area contributed by atoms with Crippen molar-refractivity contribution in [1.82, 2.24) is 3.57 Å². The fraction of sp³-hybridized carbons (Fsp3) is 0. The summed E-state index contributed by atoms with van der Waals surface area (Å²) in [6.45, 7) is 0. The minimum atomic E-state index is 0.360. The normalized spacial score (nSPS) is 6.60. The molecule has 0 aromatic carbocycles. The average Bonchev–Trinajstić information content (AvgIpc) is 1.38. The second-order valence-electron chi connectivity index (χ2n) is 0.476. The zero-order valence-electron chi connectivity index (χ0n) is 2.43. The molecule has 30 valence electrons. The van der Waals surface area contributed by atoms with Crippen LogP contribution in [0.5, 0.6) is 0 Å². The third-order valence-electron chi connectivity index (χ3n) is 0.110. The Balaban J connectivity index is 2.85. The van der Waals surface area contributed by atoms with Crippen LogP contribution < -0.4 is 9.30 Å². The fourth-order valence-electron chi connectivity index (χ4n) is 0. The molecule has 0 spiro atoms. The topological polar surface area (TPSA) is 38.0 Å². The van der Waals surface area contributed by atoms with E-state index in [1.54, 1.807) is 0 Å². The maximum atomic E-state index is 4.92. The number of hydrogen-bond donors (Lipinski definition) is 2. The number of nitrogens with two attached hydrogens (primary N) is 1. The first-order valence-corrected chi connectivity index (χ1v) is 2.65. The number of rotatable bonds is 0. The van der Waals surface area contributed by atoms with Crippen LogP contribution in [-0.4, -0.2) is 27.7 Å². The quantitative estimate of drug-likeness (QED) is 0.377. The van der Waals surface area contributed by atoms with E-state index in [0.717, 1.165) is 0 Å². The van der Waals surface area contributed by atoms with Crippen LogP contribution in [0.3, 0.4) is 0 Å². The summed E-state index contributed by atoms with van der Waals surface area (Å²) in [4.78, 5) is 0. The first-order chi connectivity index (χ1) is 2.27. The van der Waals surface area contributed by atoms with Gasteiger partial charge in [-0.15, -0.1) is 0 Å². The standard InChI is InChI=1S/CH4N2STe/c2-1(4)3-5/h5H,(H3,2,3,4). The van der Waals surface area contributed by atoms with Gasteiger partial charge in [-0.2, -0.15) is 0 Å². The predicted molar refractivity (Wildman–Crippen MR) is 27.1 cm³/mol. The summed E-state index contributed by atoms with van der Waals surface area (Å²) in [6.07, 6.45) is 0. The molecule has 0 saturated heterocycles. The van der Waals surface area contributed by atoms with Gasteiger partial charge in [0.1, 0.15) is 0 Å². The maximum absolute atomic E-state index is 4.92. The molecule has 3 N–H and O–H groups in total. The minimum absolute atomic E-state index is 0.360. The van der Waals surface area contributed by atoms with Crippen LogP contribution in [0.2, 0.25) is 0 Å². The summed E-state index contributed by atoms with van der Waals surface area (Å²) >= 11 is 5.76. The van der Waals surface area contributed by atoms with Gasteiger partial charge >= 0.3 is 49.2 Å². The fourth-order valence-corrected chi connectivity index (χ4v) is 0. The Morgan fingerprint density at radius 3 is 2.20 bits per heavy atom. The third-order valence-corrected chi connectivity index (χ3v) is 1.35. The summed E-state index contributed by atoms with van der Waals surface area (Å²) in [5.74, 6) is 0. The molecule has 0 aromatic rings. The monoisotopic (exact) mass is 206 g/mol. The second kappa shape index (κ2) is 2.70. The van der Waals surface area contributed by atoms with Crippen molar-refractivity contribution in [3.63, 3.8) is 0 Å². The van der Waals surface area contributed by atoms with Crippen molar-refractivity contribution in [2.24, 2.45) is 5.73 Å². The molecule has 2 nitrogen and oxygen atoms in total.